The molecule has 0 saturated heterocycles. The molecule has 10 rings (SSSR count). The normalized spacial score (nSPS) is 11.5. The number of para-hydroxylation sites is 3. The Bertz CT molecular complexity index is 2850. The van der Waals surface area contributed by atoms with Crippen molar-refractivity contribution >= 4 is 32.8 Å². The van der Waals surface area contributed by atoms with Gasteiger partial charge in [-0.05, 0) is 65.7 Å². The Labute approximate surface area is 300 Å². The van der Waals surface area contributed by atoms with Gasteiger partial charge >= 0.3 is 0 Å². The van der Waals surface area contributed by atoms with Gasteiger partial charge in [0.05, 0.1) is 22.4 Å². The topological polar surface area (TPSA) is 43.9 Å². The quantitative estimate of drug-likeness (QED) is 0.178. The fourth-order valence-corrected chi connectivity index (χ4v) is 7.33. The largest absolute Gasteiger partial charge is 0.456 e. The van der Waals surface area contributed by atoms with Crippen molar-refractivity contribution in [1.82, 2.24) is 14.5 Å². The van der Waals surface area contributed by atoms with Gasteiger partial charge in [0.2, 0.25) is 0 Å². The van der Waals surface area contributed by atoms with Gasteiger partial charge < -0.3 is 8.98 Å². The van der Waals surface area contributed by atoms with Crippen LogP contribution < -0.4 is 0 Å². The third-order valence-electron chi connectivity index (χ3n) is 9.85. The minimum Gasteiger partial charge on any atom is -0.456 e. The first-order valence-corrected chi connectivity index (χ1v) is 17.5. The highest BCUT2D eigenvalue weighted by Gasteiger charge is 2.17. The van der Waals surface area contributed by atoms with E-state index in [1.807, 2.05) is 24.3 Å². The Balaban J connectivity index is 1.15. The zero-order valence-electron chi connectivity index (χ0n) is 28.1. The molecule has 0 unspecified atom stereocenters. The molecule has 10 aromatic rings. The highest BCUT2D eigenvalue weighted by atomic mass is 16.3. The second-order valence-corrected chi connectivity index (χ2v) is 13.0. The van der Waals surface area contributed by atoms with Crippen LogP contribution in [0.1, 0.15) is 0 Å². The standard InChI is InChI=1S/C48H31N3O/c1-3-13-32(14-4-1)38-18-8-9-19-39(38)43-31-42(33-23-25-34(26-24-33)47-30-35-15-7-12-22-46(35)52-47)49-48(50-43)36-27-28-45-41(29-36)40-20-10-11-21-44(40)51(45)37-16-5-2-6-17-37/h1-31H. The van der Waals surface area contributed by atoms with Crippen LogP contribution in [0.15, 0.2) is 192 Å². The lowest BCUT2D eigenvalue weighted by Gasteiger charge is -2.13. The first-order valence-electron chi connectivity index (χ1n) is 17.5. The van der Waals surface area contributed by atoms with Gasteiger partial charge in [0, 0.05) is 44.1 Å². The summed E-state index contributed by atoms with van der Waals surface area (Å²) in [6.07, 6.45) is 0. The number of fused-ring (bicyclic) bond motifs is 4. The van der Waals surface area contributed by atoms with Crippen molar-refractivity contribution in [3.05, 3.63) is 188 Å². The van der Waals surface area contributed by atoms with Crippen LogP contribution >= 0.6 is 0 Å². The zero-order valence-corrected chi connectivity index (χ0v) is 28.1. The molecule has 0 atom stereocenters. The maximum atomic E-state index is 6.18. The van der Waals surface area contributed by atoms with E-state index in [1.165, 1.54) is 5.39 Å². The fraction of sp³-hybridized carbons (Fsp3) is 0. The molecule has 244 valence electrons. The molecule has 4 heteroatoms. The van der Waals surface area contributed by atoms with E-state index in [-0.39, 0.29) is 0 Å². The van der Waals surface area contributed by atoms with E-state index in [0.29, 0.717) is 5.82 Å². The summed E-state index contributed by atoms with van der Waals surface area (Å²) in [5, 5.41) is 3.44. The van der Waals surface area contributed by atoms with Crippen LogP contribution in [0.2, 0.25) is 0 Å². The van der Waals surface area contributed by atoms with Gasteiger partial charge in [-0.15, -0.1) is 0 Å². The molecule has 3 aromatic heterocycles. The zero-order chi connectivity index (χ0) is 34.4. The Hall–Kier alpha value is -7.04. The third-order valence-corrected chi connectivity index (χ3v) is 9.85. The average Bonchev–Trinajstić information content (AvgIpc) is 3.81. The summed E-state index contributed by atoms with van der Waals surface area (Å²) in [6, 6.07) is 65.5. The maximum Gasteiger partial charge on any atom is 0.160 e. The summed E-state index contributed by atoms with van der Waals surface area (Å²) in [5.41, 5.74) is 12.3. The maximum absolute atomic E-state index is 6.18. The molecular weight excluding hydrogens is 635 g/mol. The number of furan rings is 1. The fourth-order valence-electron chi connectivity index (χ4n) is 7.33. The van der Waals surface area contributed by atoms with E-state index < -0.39 is 0 Å². The molecule has 0 aliphatic carbocycles. The summed E-state index contributed by atoms with van der Waals surface area (Å²) in [4.78, 5) is 10.5. The van der Waals surface area contributed by atoms with Gasteiger partial charge in [-0.1, -0.05) is 133 Å². The average molecular weight is 666 g/mol. The molecule has 0 spiro atoms. The van der Waals surface area contributed by atoms with Crippen LogP contribution in [-0.2, 0) is 0 Å². The van der Waals surface area contributed by atoms with Crippen LogP contribution in [0.25, 0.3) is 94.8 Å². The predicted octanol–water partition coefficient (Wildman–Crippen LogP) is 12.7. The van der Waals surface area contributed by atoms with Crippen LogP contribution in [0.3, 0.4) is 0 Å². The van der Waals surface area contributed by atoms with Crippen molar-refractivity contribution < 1.29 is 4.42 Å². The summed E-state index contributed by atoms with van der Waals surface area (Å²) < 4.78 is 8.51. The van der Waals surface area contributed by atoms with E-state index in [9.17, 15) is 0 Å². The van der Waals surface area contributed by atoms with Gasteiger partial charge in [0.1, 0.15) is 11.3 Å². The highest BCUT2D eigenvalue weighted by molar-refractivity contribution is 6.10. The molecule has 0 saturated carbocycles. The summed E-state index contributed by atoms with van der Waals surface area (Å²) in [7, 11) is 0. The molecule has 0 aliphatic rings. The molecule has 0 radical (unpaired) electrons. The summed E-state index contributed by atoms with van der Waals surface area (Å²) in [5.74, 6) is 1.52. The number of hydrogen-bond acceptors (Lipinski definition) is 3. The number of rotatable bonds is 6. The third kappa shape index (κ3) is 5.17. The molecular formula is C48H31N3O. The van der Waals surface area contributed by atoms with Crippen LogP contribution in [0, 0.1) is 0 Å². The SMILES string of the molecule is c1ccc(-c2ccccc2-c2cc(-c3ccc(-c4cc5ccccc5o4)cc3)nc(-c3ccc4c(c3)c3ccccc3n4-c3ccccc3)n2)cc1. The smallest absolute Gasteiger partial charge is 0.160 e. The van der Waals surface area contributed by atoms with E-state index in [1.54, 1.807) is 0 Å². The van der Waals surface area contributed by atoms with E-state index in [2.05, 4.69) is 168 Å². The number of hydrogen-bond donors (Lipinski definition) is 0. The molecule has 0 N–H and O–H groups in total. The van der Waals surface area contributed by atoms with Crippen molar-refractivity contribution in [3.8, 4) is 62.0 Å². The monoisotopic (exact) mass is 665 g/mol. The Morgan fingerprint density at radius 2 is 1.04 bits per heavy atom. The van der Waals surface area contributed by atoms with Crippen LogP contribution in [0.5, 0.6) is 0 Å². The minimum absolute atomic E-state index is 0.676. The second kappa shape index (κ2) is 12.4. The van der Waals surface area contributed by atoms with E-state index in [0.717, 1.165) is 83.6 Å². The van der Waals surface area contributed by atoms with Gasteiger partial charge in [0.25, 0.3) is 0 Å². The molecule has 0 fully saturated rings. The first-order chi connectivity index (χ1) is 25.8. The molecule has 7 aromatic carbocycles. The molecule has 4 nitrogen and oxygen atoms in total. The van der Waals surface area contributed by atoms with Gasteiger partial charge in [0.15, 0.2) is 5.82 Å². The number of nitrogens with zero attached hydrogens (tertiary/aromatic N) is 3. The van der Waals surface area contributed by atoms with Crippen molar-refractivity contribution in [3.63, 3.8) is 0 Å². The Kier molecular flexibility index (Phi) is 7.10. The molecule has 0 amide bonds. The molecule has 0 bridgehead atoms. The van der Waals surface area contributed by atoms with E-state index in [4.69, 9.17) is 14.4 Å². The van der Waals surface area contributed by atoms with Crippen molar-refractivity contribution in [1.29, 1.82) is 0 Å². The second-order valence-electron chi connectivity index (χ2n) is 13.0. The van der Waals surface area contributed by atoms with Gasteiger partial charge in [-0.3, -0.25) is 0 Å². The molecule has 0 aliphatic heterocycles. The lowest BCUT2D eigenvalue weighted by Crippen LogP contribution is -1.97. The Morgan fingerprint density at radius 3 is 1.87 bits per heavy atom. The van der Waals surface area contributed by atoms with Crippen LogP contribution in [0.4, 0.5) is 0 Å². The highest BCUT2D eigenvalue weighted by Crippen LogP contribution is 2.38. The predicted molar refractivity (Wildman–Crippen MR) is 213 cm³/mol. The summed E-state index contributed by atoms with van der Waals surface area (Å²) in [6.45, 7) is 0. The van der Waals surface area contributed by atoms with Crippen molar-refractivity contribution in [2.24, 2.45) is 0 Å². The minimum atomic E-state index is 0.676. The first kappa shape index (κ1) is 29.8. The summed E-state index contributed by atoms with van der Waals surface area (Å²) >= 11 is 0. The number of aromatic nitrogens is 3. The Morgan fingerprint density at radius 1 is 0.404 bits per heavy atom. The van der Waals surface area contributed by atoms with Crippen molar-refractivity contribution in [2.75, 3.05) is 0 Å². The molecule has 3 heterocycles. The lowest BCUT2D eigenvalue weighted by atomic mass is 9.96. The van der Waals surface area contributed by atoms with Crippen LogP contribution in [-0.4, -0.2) is 14.5 Å². The lowest BCUT2D eigenvalue weighted by molar-refractivity contribution is 0.631. The van der Waals surface area contributed by atoms with E-state index >= 15 is 0 Å². The van der Waals surface area contributed by atoms with Gasteiger partial charge in [-0.2, -0.15) is 0 Å². The molecule has 52 heavy (non-hydrogen) atoms. The van der Waals surface area contributed by atoms with Crippen molar-refractivity contribution in [2.45, 2.75) is 0 Å². The number of benzene rings is 7. The van der Waals surface area contributed by atoms with Gasteiger partial charge in [-0.25, -0.2) is 9.97 Å².